The second kappa shape index (κ2) is 5.89. The molecule has 2 aliphatic heterocycles. The van der Waals surface area contributed by atoms with E-state index < -0.39 is 17.2 Å². The molecule has 2 aliphatic rings. The smallest absolute Gasteiger partial charge is 0.270 e. The molecule has 8 heteroatoms. The molecule has 136 valence electrons. The molecule has 1 atom stereocenters. The normalized spacial score (nSPS) is 22.0. The predicted molar refractivity (Wildman–Crippen MR) is 88.2 cm³/mol. The highest BCUT2D eigenvalue weighted by Crippen LogP contribution is 2.33. The van der Waals surface area contributed by atoms with Crippen molar-refractivity contribution < 1.29 is 22.9 Å². The van der Waals surface area contributed by atoms with E-state index in [1.165, 1.54) is 6.07 Å². The van der Waals surface area contributed by atoms with Crippen LogP contribution in [0, 0.1) is 11.6 Å². The van der Waals surface area contributed by atoms with Gasteiger partial charge < -0.3 is 14.3 Å². The first-order chi connectivity index (χ1) is 12.4. The second-order valence-corrected chi connectivity index (χ2v) is 6.86. The lowest BCUT2D eigenvalue weighted by Gasteiger charge is -2.32. The summed E-state index contributed by atoms with van der Waals surface area (Å²) < 4.78 is 32.1. The summed E-state index contributed by atoms with van der Waals surface area (Å²) in [5.74, 6) is -1.40. The van der Waals surface area contributed by atoms with Gasteiger partial charge in [0.1, 0.15) is 11.5 Å². The first-order valence-electron chi connectivity index (χ1n) is 8.31. The molecule has 2 aromatic rings. The number of benzene rings is 1. The molecule has 0 bridgehead atoms. The minimum atomic E-state index is -1.01. The summed E-state index contributed by atoms with van der Waals surface area (Å²) in [6.45, 7) is 4.27. The molecule has 4 rings (SSSR count). The fourth-order valence-electron chi connectivity index (χ4n) is 3.43. The number of hydrogen-bond acceptors (Lipinski definition) is 5. The second-order valence-electron chi connectivity index (χ2n) is 6.86. The third-order valence-electron chi connectivity index (χ3n) is 4.76. The minimum absolute atomic E-state index is 0.166. The van der Waals surface area contributed by atoms with Crippen LogP contribution in [0.4, 0.5) is 8.78 Å². The fourth-order valence-corrected chi connectivity index (χ4v) is 3.43. The summed E-state index contributed by atoms with van der Waals surface area (Å²) in [6, 6.07) is 3.56. The van der Waals surface area contributed by atoms with E-state index in [0.29, 0.717) is 42.0 Å². The van der Waals surface area contributed by atoms with E-state index in [-0.39, 0.29) is 12.5 Å². The molecule has 0 N–H and O–H groups in total. The summed E-state index contributed by atoms with van der Waals surface area (Å²) >= 11 is 0. The average molecular weight is 361 g/mol. The number of aromatic nitrogens is 1. The lowest BCUT2D eigenvalue weighted by Crippen LogP contribution is -2.48. The summed E-state index contributed by atoms with van der Waals surface area (Å²) in [6.07, 6.45) is 0.933. The Morgan fingerprint density at radius 2 is 2.12 bits per heavy atom. The van der Waals surface area contributed by atoms with Crippen molar-refractivity contribution in [2.75, 3.05) is 6.54 Å². The SMILES string of the molecule is CC1=NOC(C)(C(=O)N2CCc3onc(-c4ccc(F)c(F)c4)c3C2)C1. The summed E-state index contributed by atoms with van der Waals surface area (Å²) in [5, 5.41) is 7.89. The van der Waals surface area contributed by atoms with Gasteiger partial charge in [0.25, 0.3) is 5.91 Å². The molecular formula is C18H17F2N3O3. The third-order valence-corrected chi connectivity index (χ3v) is 4.76. The first-order valence-corrected chi connectivity index (χ1v) is 8.31. The van der Waals surface area contributed by atoms with Gasteiger partial charge in [-0.2, -0.15) is 0 Å². The van der Waals surface area contributed by atoms with Crippen molar-refractivity contribution in [2.45, 2.75) is 38.8 Å². The lowest BCUT2D eigenvalue weighted by atomic mass is 9.95. The van der Waals surface area contributed by atoms with E-state index in [9.17, 15) is 13.6 Å². The van der Waals surface area contributed by atoms with Crippen molar-refractivity contribution >= 4 is 11.6 Å². The zero-order valence-electron chi connectivity index (χ0n) is 14.4. The lowest BCUT2D eigenvalue weighted by molar-refractivity contribution is -0.154. The molecule has 0 spiro atoms. The van der Waals surface area contributed by atoms with Gasteiger partial charge in [-0.15, -0.1) is 0 Å². The molecule has 3 heterocycles. The van der Waals surface area contributed by atoms with Gasteiger partial charge in [-0.25, -0.2) is 8.78 Å². The topological polar surface area (TPSA) is 67.9 Å². The number of rotatable bonds is 2. The quantitative estimate of drug-likeness (QED) is 0.824. The van der Waals surface area contributed by atoms with E-state index in [1.54, 1.807) is 11.8 Å². The molecule has 0 saturated heterocycles. The largest absolute Gasteiger partial charge is 0.379 e. The number of fused-ring (bicyclic) bond motifs is 1. The van der Waals surface area contributed by atoms with Crippen LogP contribution < -0.4 is 0 Å². The number of hydrogen-bond donors (Lipinski definition) is 0. The highest BCUT2D eigenvalue weighted by molar-refractivity contribution is 5.94. The van der Waals surface area contributed by atoms with Gasteiger partial charge in [-0.05, 0) is 32.0 Å². The average Bonchev–Trinajstić information content (AvgIpc) is 3.20. The van der Waals surface area contributed by atoms with Gasteiger partial charge in [-0.3, -0.25) is 4.79 Å². The van der Waals surface area contributed by atoms with E-state index in [4.69, 9.17) is 9.36 Å². The number of oxime groups is 1. The maximum Gasteiger partial charge on any atom is 0.270 e. The molecule has 0 saturated carbocycles. The van der Waals surface area contributed by atoms with Crippen LogP contribution in [0.2, 0.25) is 0 Å². The number of halogens is 2. The third kappa shape index (κ3) is 2.65. The fraction of sp³-hybridized carbons (Fsp3) is 0.389. The van der Waals surface area contributed by atoms with Crippen LogP contribution in [0.5, 0.6) is 0 Å². The number of nitrogens with zero attached hydrogens (tertiary/aromatic N) is 3. The first kappa shape index (κ1) is 16.7. The van der Waals surface area contributed by atoms with Crippen LogP contribution >= 0.6 is 0 Å². The zero-order valence-corrected chi connectivity index (χ0v) is 14.4. The van der Waals surface area contributed by atoms with Gasteiger partial charge in [0.15, 0.2) is 11.6 Å². The number of carbonyl (C=O) groups excluding carboxylic acids is 1. The Hall–Kier alpha value is -2.77. The molecule has 1 amide bonds. The summed E-state index contributed by atoms with van der Waals surface area (Å²) in [7, 11) is 0. The van der Waals surface area contributed by atoms with Crippen molar-refractivity contribution in [1.82, 2.24) is 10.1 Å². The molecule has 1 unspecified atom stereocenters. The van der Waals surface area contributed by atoms with E-state index in [0.717, 1.165) is 17.8 Å². The molecule has 0 fully saturated rings. The summed E-state index contributed by atoms with van der Waals surface area (Å²) in [5.41, 5.74) is 1.29. The van der Waals surface area contributed by atoms with Crippen molar-refractivity contribution in [3.05, 3.63) is 41.2 Å². The molecule has 1 aromatic carbocycles. The van der Waals surface area contributed by atoms with Gasteiger partial charge in [0.05, 0.1) is 12.3 Å². The molecular weight excluding hydrogens is 344 g/mol. The van der Waals surface area contributed by atoms with Crippen molar-refractivity contribution in [3.8, 4) is 11.3 Å². The molecule has 0 radical (unpaired) electrons. The number of amides is 1. The van der Waals surface area contributed by atoms with Gasteiger partial charge in [0.2, 0.25) is 5.60 Å². The van der Waals surface area contributed by atoms with Crippen LogP contribution in [0.15, 0.2) is 27.9 Å². The van der Waals surface area contributed by atoms with Crippen molar-refractivity contribution in [1.29, 1.82) is 0 Å². The molecule has 0 aliphatic carbocycles. The predicted octanol–water partition coefficient (Wildman–Crippen LogP) is 3.06. The highest BCUT2D eigenvalue weighted by atomic mass is 19.2. The van der Waals surface area contributed by atoms with Crippen molar-refractivity contribution in [2.24, 2.45) is 5.16 Å². The van der Waals surface area contributed by atoms with Crippen LogP contribution in [0.25, 0.3) is 11.3 Å². The highest BCUT2D eigenvalue weighted by Gasteiger charge is 2.44. The van der Waals surface area contributed by atoms with Crippen molar-refractivity contribution in [3.63, 3.8) is 0 Å². The molecule has 1 aromatic heterocycles. The maximum atomic E-state index is 13.6. The Labute approximate surface area is 148 Å². The zero-order chi connectivity index (χ0) is 18.5. The molecule has 6 nitrogen and oxygen atoms in total. The van der Waals surface area contributed by atoms with E-state index in [2.05, 4.69) is 10.3 Å². The van der Waals surface area contributed by atoms with Crippen LogP contribution in [-0.2, 0) is 22.6 Å². The minimum Gasteiger partial charge on any atom is -0.379 e. The number of carbonyl (C=O) groups is 1. The Balaban J connectivity index is 1.62. The van der Waals surface area contributed by atoms with Crippen LogP contribution in [0.3, 0.4) is 0 Å². The Bertz CT molecular complexity index is 924. The standard InChI is InChI=1S/C18H17F2N3O3/c1-10-8-18(2,26-21-10)17(24)23-6-5-15-12(9-23)16(22-25-15)11-3-4-13(19)14(20)7-11/h3-4,7H,5-6,8-9H2,1-2H3. The Kier molecular flexibility index (Phi) is 3.78. The van der Waals surface area contributed by atoms with Gasteiger partial charge in [0, 0.05) is 30.5 Å². The van der Waals surface area contributed by atoms with Crippen LogP contribution in [0.1, 0.15) is 31.6 Å². The molecule has 26 heavy (non-hydrogen) atoms. The monoisotopic (exact) mass is 361 g/mol. The van der Waals surface area contributed by atoms with Crippen LogP contribution in [-0.4, -0.2) is 33.8 Å². The Morgan fingerprint density at radius 1 is 1.31 bits per heavy atom. The maximum absolute atomic E-state index is 13.6. The van der Waals surface area contributed by atoms with E-state index >= 15 is 0 Å². The summed E-state index contributed by atoms with van der Waals surface area (Å²) in [4.78, 5) is 19.9. The Morgan fingerprint density at radius 3 is 2.81 bits per heavy atom. The van der Waals surface area contributed by atoms with Gasteiger partial charge >= 0.3 is 0 Å². The van der Waals surface area contributed by atoms with Gasteiger partial charge in [-0.1, -0.05) is 10.3 Å². The van der Waals surface area contributed by atoms with E-state index in [1.807, 2.05) is 6.92 Å².